The van der Waals surface area contributed by atoms with Gasteiger partial charge in [0.05, 0.1) is 17.8 Å². The topological polar surface area (TPSA) is 74.7 Å². The van der Waals surface area contributed by atoms with Gasteiger partial charge >= 0.3 is 5.97 Å². The molecule has 0 aromatic carbocycles. The second-order valence-electron chi connectivity index (χ2n) is 6.39. The standard InChI is InChI=1S/C15H21NO4/c17-13-11-3-1-2-4-12(11)14(18)16(13)10-7-5-9(6-8-10)15(19)20/h9-12H,1-8H2,(H,19,20)/t9?,10?,11-,12+. The number of fused-ring (bicyclic) bond motifs is 1. The number of carboxylic acid groups (broad SMARTS) is 1. The van der Waals surface area contributed by atoms with Crippen LogP contribution < -0.4 is 0 Å². The highest BCUT2D eigenvalue weighted by atomic mass is 16.4. The Morgan fingerprint density at radius 2 is 1.40 bits per heavy atom. The SMILES string of the molecule is O=C(O)C1CCC(N2C(=O)[C@H]3CCCC[C@H]3C2=O)CC1. The molecule has 3 rings (SSSR count). The van der Waals surface area contributed by atoms with Gasteiger partial charge in [-0.25, -0.2) is 0 Å². The smallest absolute Gasteiger partial charge is 0.306 e. The molecule has 3 aliphatic rings. The van der Waals surface area contributed by atoms with Crippen LogP contribution >= 0.6 is 0 Å². The second kappa shape index (κ2) is 5.19. The van der Waals surface area contributed by atoms with Crippen molar-refractivity contribution in [3.63, 3.8) is 0 Å². The van der Waals surface area contributed by atoms with Gasteiger partial charge in [-0.15, -0.1) is 0 Å². The molecule has 0 aromatic heterocycles. The van der Waals surface area contributed by atoms with Crippen LogP contribution in [0.3, 0.4) is 0 Å². The number of carbonyl (C=O) groups is 3. The zero-order valence-corrected chi connectivity index (χ0v) is 11.6. The lowest BCUT2D eigenvalue weighted by Crippen LogP contribution is -2.43. The number of likely N-dealkylation sites (tertiary alicyclic amines) is 1. The number of amides is 2. The average Bonchev–Trinajstić information content (AvgIpc) is 2.72. The Kier molecular flexibility index (Phi) is 3.52. The Bertz CT molecular complexity index is 415. The molecule has 5 heteroatoms. The predicted octanol–water partition coefficient (Wildman–Crippen LogP) is 1.80. The molecule has 2 amide bonds. The van der Waals surface area contributed by atoms with Crippen molar-refractivity contribution in [2.75, 3.05) is 0 Å². The van der Waals surface area contributed by atoms with Crippen LogP contribution in [-0.2, 0) is 14.4 Å². The molecule has 20 heavy (non-hydrogen) atoms. The van der Waals surface area contributed by atoms with E-state index in [1.54, 1.807) is 0 Å². The Labute approximate surface area is 118 Å². The molecule has 1 saturated heterocycles. The summed E-state index contributed by atoms with van der Waals surface area (Å²) in [6.07, 6.45) is 6.21. The fourth-order valence-electron chi connectivity index (χ4n) is 4.13. The molecule has 0 radical (unpaired) electrons. The van der Waals surface area contributed by atoms with E-state index in [2.05, 4.69) is 0 Å². The summed E-state index contributed by atoms with van der Waals surface area (Å²) >= 11 is 0. The summed E-state index contributed by atoms with van der Waals surface area (Å²) in [5.41, 5.74) is 0. The van der Waals surface area contributed by atoms with Gasteiger partial charge in [-0.3, -0.25) is 19.3 Å². The summed E-state index contributed by atoms with van der Waals surface area (Å²) < 4.78 is 0. The van der Waals surface area contributed by atoms with Gasteiger partial charge in [-0.05, 0) is 38.5 Å². The molecule has 1 heterocycles. The largest absolute Gasteiger partial charge is 0.481 e. The van der Waals surface area contributed by atoms with E-state index < -0.39 is 5.97 Å². The van der Waals surface area contributed by atoms with Crippen molar-refractivity contribution in [2.45, 2.75) is 57.4 Å². The van der Waals surface area contributed by atoms with E-state index in [0.29, 0.717) is 25.7 Å². The quantitative estimate of drug-likeness (QED) is 0.782. The van der Waals surface area contributed by atoms with Crippen LogP contribution in [0.15, 0.2) is 0 Å². The summed E-state index contributed by atoms with van der Waals surface area (Å²) in [6, 6.07) is -0.0591. The molecule has 3 fully saturated rings. The number of carboxylic acids is 1. The Morgan fingerprint density at radius 3 is 1.85 bits per heavy atom. The lowest BCUT2D eigenvalue weighted by atomic mass is 9.81. The Balaban J connectivity index is 1.70. The molecule has 2 saturated carbocycles. The van der Waals surface area contributed by atoms with Gasteiger partial charge in [0.1, 0.15) is 0 Å². The highest BCUT2D eigenvalue weighted by molar-refractivity contribution is 6.05. The zero-order valence-electron chi connectivity index (χ0n) is 11.6. The number of hydrogen-bond donors (Lipinski definition) is 1. The van der Waals surface area contributed by atoms with E-state index in [9.17, 15) is 14.4 Å². The molecular weight excluding hydrogens is 258 g/mol. The van der Waals surface area contributed by atoms with Crippen molar-refractivity contribution in [2.24, 2.45) is 17.8 Å². The minimum atomic E-state index is -0.754. The summed E-state index contributed by atoms with van der Waals surface area (Å²) in [5, 5.41) is 9.01. The van der Waals surface area contributed by atoms with Crippen LogP contribution in [0.2, 0.25) is 0 Å². The number of carbonyl (C=O) groups excluding carboxylic acids is 2. The first kappa shape index (κ1) is 13.6. The number of imide groups is 1. The van der Waals surface area contributed by atoms with Crippen molar-refractivity contribution in [3.8, 4) is 0 Å². The van der Waals surface area contributed by atoms with Gasteiger partial charge in [0.25, 0.3) is 0 Å². The summed E-state index contributed by atoms with van der Waals surface area (Å²) in [5.74, 6) is -1.21. The van der Waals surface area contributed by atoms with E-state index in [-0.39, 0.29) is 35.6 Å². The minimum Gasteiger partial charge on any atom is -0.481 e. The summed E-state index contributed by atoms with van der Waals surface area (Å²) in [6.45, 7) is 0. The van der Waals surface area contributed by atoms with Crippen LogP contribution in [-0.4, -0.2) is 33.8 Å². The third-order valence-corrected chi connectivity index (χ3v) is 5.29. The molecule has 5 nitrogen and oxygen atoms in total. The van der Waals surface area contributed by atoms with Crippen LogP contribution in [0.4, 0.5) is 0 Å². The minimum absolute atomic E-state index is 0.0125. The predicted molar refractivity (Wildman–Crippen MR) is 70.7 cm³/mol. The molecule has 2 aliphatic carbocycles. The van der Waals surface area contributed by atoms with Gasteiger partial charge in [0.2, 0.25) is 11.8 Å². The highest BCUT2D eigenvalue weighted by Gasteiger charge is 2.50. The number of aliphatic carboxylic acids is 1. The molecule has 110 valence electrons. The van der Waals surface area contributed by atoms with Crippen LogP contribution in [0.1, 0.15) is 51.4 Å². The lowest BCUT2D eigenvalue weighted by molar-refractivity contribution is -0.145. The Morgan fingerprint density at radius 1 is 0.900 bits per heavy atom. The molecule has 0 aromatic rings. The van der Waals surface area contributed by atoms with E-state index in [1.807, 2.05) is 0 Å². The summed E-state index contributed by atoms with van der Waals surface area (Å²) in [7, 11) is 0. The fourth-order valence-corrected chi connectivity index (χ4v) is 4.13. The first-order chi connectivity index (χ1) is 9.59. The van der Waals surface area contributed by atoms with Crippen molar-refractivity contribution < 1.29 is 19.5 Å². The van der Waals surface area contributed by atoms with Gasteiger partial charge in [0, 0.05) is 6.04 Å². The van der Waals surface area contributed by atoms with Gasteiger partial charge < -0.3 is 5.11 Å². The lowest BCUT2D eigenvalue weighted by Gasteiger charge is -2.32. The van der Waals surface area contributed by atoms with E-state index in [0.717, 1.165) is 25.7 Å². The van der Waals surface area contributed by atoms with E-state index in [4.69, 9.17) is 5.11 Å². The fraction of sp³-hybridized carbons (Fsp3) is 0.800. The molecule has 0 unspecified atom stereocenters. The maximum atomic E-state index is 12.5. The van der Waals surface area contributed by atoms with Crippen molar-refractivity contribution in [1.29, 1.82) is 0 Å². The molecule has 0 bridgehead atoms. The molecule has 1 aliphatic heterocycles. The van der Waals surface area contributed by atoms with Gasteiger partial charge in [-0.2, -0.15) is 0 Å². The van der Waals surface area contributed by atoms with Gasteiger partial charge in [0.15, 0.2) is 0 Å². The van der Waals surface area contributed by atoms with Crippen LogP contribution in [0.5, 0.6) is 0 Å². The third-order valence-electron chi connectivity index (χ3n) is 5.29. The van der Waals surface area contributed by atoms with Crippen molar-refractivity contribution in [1.82, 2.24) is 4.90 Å². The third kappa shape index (κ3) is 2.13. The summed E-state index contributed by atoms with van der Waals surface area (Å²) in [4.78, 5) is 37.4. The number of hydrogen-bond acceptors (Lipinski definition) is 3. The number of rotatable bonds is 2. The second-order valence-corrected chi connectivity index (χ2v) is 6.39. The average molecular weight is 279 g/mol. The maximum absolute atomic E-state index is 12.5. The number of nitrogens with zero attached hydrogens (tertiary/aromatic N) is 1. The van der Waals surface area contributed by atoms with Crippen LogP contribution in [0.25, 0.3) is 0 Å². The van der Waals surface area contributed by atoms with E-state index >= 15 is 0 Å². The molecule has 1 N–H and O–H groups in total. The van der Waals surface area contributed by atoms with Crippen molar-refractivity contribution in [3.05, 3.63) is 0 Å². The van der Waals surface area contributed by atoms with Crippen LogP contribution in [0, 0.1) is 17.8 Å². The van der Waals surface area contributed by atoms with E-state index in [1.165, 1.54) is 4.90 Å². The maximum Gasteiger partial charge on any atom is 0.306 e. The monoisotopic (exact) mass is 279 g/mol. The van der Waals surface area contributed by atoms with Crippen molar-refractivity contribution >= 4 is 17.8 Å². The molecule has 2 atom stereocenters. The highest BCUT2D eigenvalue weighted by Crippen LogP contribution is 2.41. The zero-order chi connectivity index (χ0) is 14.3. The molecular formula is C15H21NO4. The normalized spacial score (nSPS) is 37.9. The first-order valence-electron chi connectivity index (χ1n) is 7.69. The first-order valence-corrected chi connectivity index (χ1v) is 7.69. The Hall–Kier alpha value is -1.39. The van der Waals surface area contributed by atoms with Gasteiger partial charge in [-0.1, -0.05) is 12.8 Å². The molecule has 0 spiro atoms.